The van der Waals surface area contributed by atoms with Crippen LogP contribution in [0.25, 0.3) is 0 Å². The predicted octanol–water partition coefficient (Wildman–Crippen LogP) is 3.94. The molecule has 23 heavy (non-hydrogen) atoms. The molecule has 0 aliphatic carbocycles. The fraction of sp³-hybridized carbons (Fsp3) is 0.263. The molecule has 0 saturated heterocycles. The number of hydrogen-bond donors (Lipinski definition) is 2. The van der Waals surface area contributed by atoms with Crippen LogP contribution in [0.4, 0.5) is 11.4 Å². The molecule has 0 spiro atoms. The number of aryl methyl sites for hydroxylation is 1. The van der Waals surface area contributed by atoms with E-state index in [0.717, 1.165) is 16.8 Å². The Morgan fingerprint density at radius 2 is 1.96 bits per heavy atom. The predicted molar refractivity (Wildman–Crippen MR) is 91.8 cm³/mol. The van der Waals surface area contributed by atoms with Gasteiger partial charge in [-0.25, -0.2) is 0 Å². The molecule has 0 saturated carbocycles. The van der Waals surface area contributed by atoms with Gasteiger partial charge in [0.25, 0.3) is 5.91 Å². The standard InChI is InChI=1S/C19H20N2O2/c1-11(2)17-15-10-14(7-8-16(15)21-19(17)23)20-18(22)13-6-4-5-12(3)9-13/h4-11,17H,1-3H3,(H,20,22)(H,21,23). The fourth-order valence-electron chi connectivity index (χ4n) is 3.01. The number of hydrogen-bond acceptors (Lipinski definition) is 2. The summed E-state index contributed by atoms with van der Waals surface area (Å²) in [5.74, 6) is -0.0796. The SMILES string of the molecule is Cc1cccc(C(=O)Nc2ccc3c(c2)C(C(C)C)C(=O)N3)c1. The minimum Gasteiger partial charge on any atom is -0.325 e. The summed E-state index contributed by atoms with van der Waals surface area (Å²) in [5.41, 5.74) is 4.16. The zero-order valence-electron chi connectivity index (χ0n) is 13.5. The second-order valence-corrected chi connectivity index (χ2v) is 6.34. The molecule has 2 aromatic rings. The van der Waals surface area contributed by atoms with Crippen LogP contribution in [0.15, 0.2) is 42.5 Å². The van der Waals surface area contributed by atoms with E-state index in [1.807, 2.05) is 57.2 Å². The van der Waals surface area contributed by atoms with E-state index >= 15 is 0 Å². The van der Waals surface area contributed by atoms with Crippen LogP contribution in [-0.2, 0) is 4.79 Å². The second kappa shape index (κ2) is 5.88. The van der Waals surface area contributed by atoms with Crippen LogP contribution >= 0.6 is 0 Å². The van der Waals surface area contributed by atoms with Gasteiger partial charge in [0.1, 0.15) is 0 Å². The summed E-state index contributed by atoms with van der Waals surface area (Å²) in [7, 11) is 0. The molecule has 3 rings (SSSR count). The maximum absolute atomic E-state index is 12.4. The third kappa shape index (κ3) is 2.97. The lowest BCUT2D eigenvalue weighted by atomic mass is 9.89. The number of fused-ring (bicyclic) bond motifs is 1. The third-order valence-corrected chi connectivity index (χ3v) is 4.13. The minimum absolute atomic E-state index is 0.0251. The van der Waals surface area contributed by atoms with Crippen LogP contribution in [0.2, 0.25) is 0 Å². The normalized spacial score (nSPS) is 16.2. The molecule has 118 valence electrons. The first-order valence-electron chi connectivity index (χ1n) is 7.78. The van der Waals surface area contributed by atoms with Gasteiger partial charge in [-0.15, -0.1) is 0 Å². The van der Waals surface area contributed by atoms with Crippen LogP contribution in [0.3, 0.4) is 0 Å². The van der Waals surface area contributed by atoms with Crippen molar-refractivity contribution in [3.05, 3.63) is 59.2 Å². The first-order chi connectivity index (χ1) is 11.0. The number of nitrogens with one attached hydrogen (secondary N) is 2. The van der Waals surface area contributed by atoms with E-state index in [2.05, 4.69) is 10.6 Å². The van der Waals surface area contributed by atoms with Crippen LogP contribution in [0.5, 0.6) is 0 Å². The largest absolute Gasteiger partial charge is 0.325 e. The number of carbonyl (C=O) groups excluding carboxylic acids is 2. The highest BCUT2D eigenvalue weighted by atomic mass is 16.2. The van der Waals surface area contributed by atoms with E-state index in [-0.39, 0.29) is 23.7 Å². The Morgan fingerprint density at radius 3 is 2.65 bits per heavy atom. The topological polar surface area (TPSA) is 58.2 Å². The van der Waals surface area contributed by atoms with Gasteiger partial charge in [-0.2, -0.15) is 0 Å². The lowest BCUT2D eigenvalue weighted by Gasteiger charge is -2.14. The van der Waals surface area contributed by atoms with Crippen molar-refractivity contribution in [2.75, 3.05) is 10.6 Å². The summed E-state index contributed by atoms with van der Waals surface area (Å²) in [6.45, 7) is 6.01. The maximum Gasteiger partial charge on any atom is 0.255 e. The lowest BCUT2D eigenvalue weighted by Crippen LogP contribution is -2.17. The quantitative estimate of drug-likeness (QED) is 0.902. The van der Waals surface area contributed by atoms with E-state index in [1.54, 1.807) is 6.07 Å². The van der Waals surface area contributed by atoms with Crippen LogP contribution in [0, 0.1) is 12.8 Å². The molecule has 0 bridgehead atoms. The zero-order chi connectivity index (χ0) is 16.6. The highest BCUT2D eigenvalue weighted by Gasteiger charge is 2.33. The van der Waals surface area contributed by atoms with Crippen molar-refractivity contribution in [2.24, 2.45) is 5.92 Å². The molecule has 4 heteroatoms. The third-order valence-electron chi connectivity index (χ3n) is 4.13. The number of benzene rings is 2. The smallest absolute Gasteiger partial charge is 0.255 e. The Balaban J connectivity index is 1.86. The second-order valence-electron chi connectivity index (χ2n) is 6.34. The average molecular weight is 308 g/mol. The minimum atomic E-state index is -0.166. The van der Waals surface area contributed by atoms with E-state index in [1.165, 1.54) is 0 Å². The van der Waals surface area contributed by atoms with E-state index in [0.29, 0.717) is 11.3 Å². The van der Waals surface area contributed by atoms with Crippen molar-refractivity contribution in [3.63, 3.8) is 0 Å². The molecule has 0 radical (unpaired) electrons. The van der Waals surface area contributed by atoms with Gasteiger partial charge in [-0.05, 0) is 48.7 Å². The highest BCUT2D eigenvalue weighted by Crippen LogP contribution is 2.38. The molecule has 2 aromatic carbocycles. The molecule has 4 nitrogen and oxygen atoms in total. The summed E-state index contributed by atoms with van der Waals surface area (Å²) in [4.78, 5) is 24.4. The van der Waals surface area contributed by atoms with E-state index in [4.69, 9.17) is 0 Å². The Bertz CT molecular complexity index is 781. The average Bonchev–Trinajstić information content (AvgIpc) is 2.82. The van der Waals surface area contributed by atoms with E-state index in [9.17, 15) is 9.59 Å². The number of amides is 2. The lowest BCUT2D eigenvalue weighted by molar-refractivity contribution is -0.117. The molecule has 2 amide bonds. The molecule has 1 aliphatic heterocycles. The molecule has 0 aromatic heterocycles. The van der Waals surface area contributed by atoms with Crippen molar-refractivity contribution in [3.8, 4) is 0 Å². The van der Waals surface area contributed by atoms with Gasteiger partial charge < -0.3 is 10.6 Å². The highest BCUT2D eigenvalue weighted by molar-refractivity contribution is 6.06. The van der Waals surface area contributed by atoms with Crippen molar-refractivity contribution in [1.29, 1.82) is 0 Å². The zero-order valence-corrected chi connectivity index (χ0v) is 13.5. The van der Waals surface area contributed by atoms with Gasteiger partial charge in [0.15, 0.2) is 0 Å². The Hall–Kier alpha value is -2.62. The summed E-state index contributed by atoms with van der Waals surface area (Å²) in [5, 5.41) is 5.81. The molecule has 1 atom stereocenters. The number of carbonyl (C=O) groups is 2. The Labute approximate surface area is 135 Å². The first kappa shape index (κ1) is 15.3. The monoisotopic (exact) mass is 308 g/mol. The van der Waals surface area contributed by atoms with Crippen LogP contribution < -0.4 is 10.6 Å². The Kier molecular flexibility index (Phi) is 3.90. The van der Waals surface area contributed by atoms with Crippen molar-refractivity contribution < 1.29 is 9.59 Å². The summed E-state index contributed by atoms with van der Waals surface area (Å²) in [6.07, 6.45) is 0. The summed E-state index contributed by atoms with van der Waals surface area (Å²) >= 11 is 0. The van der Waals surface area contributed by atoms with E-state index < -0.39 is 0 Å². The fourth-order valence-corrected chi connectivity index (χ4v) is 3.01. The molecule has 2 N–H and O–H groups in total. The summed E-state index contributed by atoms with van der Waals surface area (Å²) in [6, 6.07) is 13.0. The van der Waals surface area contributed by atoms with Crippen molar-refractivity contribution >= 4 is 23.2 Å². The molecule has 1 aliphatic rings. The Morgan fingerprint density at radius 1 is 1.17 bits per heavy atom. The van der Waals surface area contributed by atoms with Gasteiger partial charge >= 0.3 is 0 Å². The molecule has 1 heterocycles. The molecule has 0 fully saturated rings. The van der Waals surface area contributed by atoms with Crippen LogP contribution in [-0.4, -0.2) is 11.8 Å². The van der Waals surface area contributed by atoms with Crippen LogP contribution in [0.1, 0.15) is 41.3 Å². The molecule has 1 unspecified atom stereocenters. The summed E-state index contributed by atoms with van der Waals surface area (Å²) < 4.78 is 0. The molecular weight excluding hydrogens is 288 g/mol. The van der Waals surface area contributed by atoms with Crippen molar-refractivity contribution in [2.45, 2.75) is 26.7 Å². The van der Waals surface area contributed by atoms with Gasteiger partial charge in [-0.1, -0.05) is 31.5 Å². The molecular formula is C19H20N2O2. The van der Waals surface area contributed by atoms with Gasteiger partial charge in [0.2, 0.25) is 5.91 Å². The first-order valence-corrected chi connectivity index (χ1v) is 7.78. The van der Waals surface area contributed by atoms with Gasteiger partial charge in [0, 0.05) is 16.9 Å². The number of rotatable bonds is 3. The van der Waals surface area contributed by atoms with Gasteiger partial charge in [-0.3, -0.25) is 9.59 Å². The number of anilines is 2. The van der Waals surface area contributed by atoms with Gasteiger partial charge in [0.05, 0.1) is 5.92 Å². The van der Waals surface area contributed by atoms with Crippen molar-refractivity contribution in [1.82, 2.24) is 0 Å². The maximum atomic E-state index is 12.4.